The molecule has 258 valence electrons. The van der Waals surface area contributed by atoms with Crippen molar-refractivity contribution in [1.29, 1.82) is 0 Å². The van der Waals surface area contributed by atoms with Crippen LogP contribution in [0.15, 0.2) is 218 Å². The lowest BCUT2D eigenvalue weighted by molar-refractivity contribution is 1.56. The van der Waals surface area contributed by atoms with Gasteiger partial charge >= 0.3 is 0 Å². The van der Waals surface area contributed by atoms with Crippen LogP contribution >= 0.6 is 11.3 Å². The maximum absolute atomic E-state index is 2.34. The molecule has 0 fully saturated rings. The van der Waals surface area contributed by atoms with Crippen molar-refractivity contribution in [3.8, 4) is 77.9 Å². The quantitative estimate of drug-likeness (QED) is 0.154. The molecule has 0 unspecified atom stereocenters. The Morgan fingerprint density at radius 2 is 0.473 bits per heavy atom. The van der Waals surface area contributed by atoms with Crippen LogP contribution in [0, 0.1) is 0 Å². The molecule has 0 aliphatic carbocycles. The highest BCUT2D eigenvalue weighted by atomic mass is 32.1. The SMILES string of the molecule is c1ccc(-c2ccc(-c3cccc(-c4cccc(-c5ccc(-c6cccc(-c7cccc(-c8ccc9c(c8)sc8ccccc89)c7)c6)cc5)c4)c3)cc2)cc1. The molecular weight excluding hydrogens is 681 g/mol. The van der Waals surface area contributed by atoms with Crippen molar-refractivity contribution >= 4 is 31.5 Å². The molecule has 0 radical (unpaired) electrons. The largest absolute Gasteiger partial charge is 0.135 e. The minimum absolute atomic E-state index is 1.21. The summed E-state index contributed by atoms with van der Waals surface area (Å²) < 4.78 is 2.67. The van der Waals surface area contributed by atoms with Crippen LogP contribution in [-0.2, 0) is 0 Å². The van der Waals surface area contributed by atoms with E-state index in [2.05, 4.69) is 218 Å². The fourth-order valence-electron chi connectivity index (χ4n) is 7.76. The van der Waals surface area contributed by atoms with E-state index in [-0.39, 0.29) is 0 Å². The minimum atomic E-state index is 1.21. The highest BCUT2D eigenvalue weighted by molar-refractivity contribution is 7.25. The van der Waals surface area contributed by atoms with Crippen LogP contribution in [0.3, 0.4) is 0 Å². The van der Waals surface area contributed by atoms with Gasteiger partial charge in [0.15, 0.2) is 0 Å². The molecule has 1 aromatic heterocycles. The van der Waals surface area contributed by atoms with E-state index in [4.69, 9.17) is 0 Å². The Bertz CT molecular complexity index is 2950. The number of rotatable bonds is 7. The first-order valence-electron chi connectivity index (χ1n) is 18.8. The van der Waals surface area contributed by atoms with Gasteiger partial charge < -0.3 is 0 Å². The van der Waals surface area contributed by atoms with Gasteiger partial charge in [0.25, 0.3) is 0 Å². The predicted molar refractivity (Wildman–Crippen MR) is 237 cm³/mol. The van der Waals surface area contributed by atoms with Gasteiger partial charge in [0.1, 0.15) is 0 Å². The lowest BCUT2D eigenvalue weighted by atomic mass is 9.94. The van der Waals surface area contributed by atoms with Crippen LogP contribution in [0.2, 0.25) is 0 Å². The molecule has 0 aliphatic rings. The van der Waals surface area contributed by atoms with Gasteiger partial charge in [-0.1, -0.05) is 182 Å². The molecule has 1 heterocycles. The Morgan fingerprint density at radius 1 is 0.182 bits per heavy atom. The molecule has 0 amide bonds. The zero-order valence-corrected chi connectivity index (χ0v) is 31.0. The number of benzene rings is 9. The first kappa shape index (κ1) is 32.8. The van der Waals surface area contributed by atoms with E-state index in [1.54, 1.807) is 0 Å². The van der Waals surface area contributed by atoms with Gasteiger partial charge in [-0.15, -0.1) is 11.3 Å². The van der Waals surface area contributed by atoms with E-state index in [0.29, 0.717) is 0 Å². The number of thiophene rings is 1. The second-order valence-electron chi connectivity index (χ2n) is 14.2. The topological polar surface area (TPSA) is 0 Å². The van der Waals surface area contributed by atoms with Crippen molar-refractivity contribution in [3.05, 3.63) is 218 Å². The standard InChI is InChI=1S/C54H36S/c1-2-10-37(11-3-1)38-22-24-39(25-23-38)42-12-6-15-45(32-42)46-16-7-13-43(33-46)40-26-28-41(29-27-40)44-14-8-17-47(34-44)48-18-9-19-49(35-48)50-30-31-52-51-20-4-5-21-53(51)55-54(52)36-50/h1-36H. The predicted octanol–water partition coefficient (Wildman–Crippen LogP) is 15.7. The lowest BCUT2D eigenvalue weighted by Crippen LogP contribution is -1.85. The van der Waals surface area contributed by atoms with E-state index >= 15 is 0 Å². The summed E-state index contributed by atoms with van der Waals surface area (Å²) in [6.07, 6.45) is 0. The normalized spacial score (nSPS) is 11.3. The molecule has 0 nitrogen and oxygen atoms in total. The van der Waals surface area contributed by atoms with Gasteiger partial charge in [0.2, 0.25) is 0 Å². The van der Waals surface area contributed by atoms with Gasteiger partial charge in [0.05, 0.1) is 0 Å². The average Bonchev–Trinajstić information content (AvgIpc) is 3.65. The second kappa shape index (κ2) is 14.2. The highest BCUT2D eigenvalue weighted by Crippen LogP contribution is 2.38. The molecule has 55 heavy (non-hydrogen) atoms. The zero-order chi connectivity index (χ0) is 36.6. The molecule has 10 aromatic rings. The third kappa shape index (κ3) is 6.56. The Morgan fingerprint density at radius 3 is 0.927 bits per heavy atom. The number of hydrogen-bond acceptors (Lipinski definition) is 1. The Balaban J connectivity index is 0.883. The van der Waals surface area contributed by atoms with E-state index in [0.717, 1.165) is 0 Å². The van der Waals surface area contributed by atoms with Crippen LogP contribution < -0.4 is 0 Å². The van der Waals surface area contributed by atoms with Crippen molar-refractivity contribution in [2.75, 3.05) is 0 Å². The van der Waals surface area contributed by atoms with Crippen molar-refractivity contribution in [2.45, 2.75) is 0 Å². The van der Waals surface area contributed by atoms with Crippen LogP contribution in [0.25, 0.3) is 98.1 Å². The van der Waals surface area contributed by atoms with Crippen LogP contribution in [0.5, 0.6) is 0 Å². The van der Waals surface area contributed by atoms with Crippen molar-refractivity contribution in [2.24, 2.45) is 0 Å². The first-order valence-corrected chi connectivity index (χ1v) is 19.6. The third-order valence-corrected chi connectivity index (χ3v) is 11.8. The second-order valence-corrected chi connectivity index (χ2v) is 15.2. The molecule has 0 saturated carbocycles. The van der Waals surface area contributed by atoms with Gasteiger partial charge in [-0.2, -0.15) is 0 Å². The Labute approximate surface area is 326 Å². The molecular formula is C54H36S. The molecule has 0 N–H and O–H groups in total. The summed E-state index contributed by atoms with van der Waals surface area (Å²) in [5, 5.41) is 2.67. The minimum Gasteiger partial charge on any atom is -0.135 e. The maximum atomic E-state index is 2.34. The van der Waals surface area contributed by atoms with Crippen LogP contribution in [-0.4, -0.2) is 0 Å². The lowest BCUT2D eigenvalue weighted by Gasteiger charge is -2.11. The van der Waals surface area contributed by atoms with E-state index < -0.39 is 0 Å². The van der Waals surface area contributed by atoms with Gasteiger partial charge in [-0.25, -0.2) is 0 Å². The summed E-state index contributed by atoms with van der Waals surface area (Å²) in [5.41, 5.74) is 17.1. The highest BCUT2D eigenvalue weighted by Gasteiger charge is 2.10. The summed E-state index contributed by atoms with van der Waals surface area (Å²) >= 11 is 1.87. The molecule has 0 spiro atoms. The number of fused-ring (bicyclic) bond motifs is 3. The van der Waals surface area contributed by atoms with E-state index in [1.807, 2.05) is 11.3 Å². The summed E-state index contributed by atoms with van der Waals surface area (Å²) in [6.45, 7) is 0. The Kier molecular flexibility index (Phi) is 8.48. The van der Waals surface area contributed by atoms with Crippen LogP contribution in [0.4, 0.5) is 0 Å². The van der Waals surface area contributed by atoms with Gasteiger partial charge in [-0.05, 0) is 114 Å². The summed E-state index contributed by atoms with van der Waals surface area (Å²) in [5.74, 6) is 0. The first-order chi connectivity index (χ1) is 27.2. The molecule has 10 rings (SSSR count). The molecule has 1 heteroatoms. The fourth-order valence-corrected chi connectivity index (χ4v) is 8.90. The molecule has 0 aliphatic heterocycles. The van der Waals surface area contributed by atoms with E-state index in [1.165, 1.54) is 98.1 Å². The van der Waals surface area contributed by atoms with Crippen molar-refractivity contribution < 1.29 is 0 Å². The monoisotopic (exact) mass is 716 g/mol. The molecule has 0 saturated heterocycles. The average molecular weight is 717 g/mol. The van der Waals surface area contributed by atoms with Gasteiger partial charge in [-0.3, -0.25) is 0 Å². The number of hydrogen-bond donors (Lipinski definition) is 0. The summed E-state index contributed by atoms with van der Waals surface area (Å²) in [7, 11) is 0. The van der Waals surface area contributed by atoms with Crippen molar-refractivity contribution in [3.63, 3.8) is 0 Å². The molecule has 0 atom stereocenters. The molecule has 9 aromatic carbocycles. The summed E-state index contributed by atoms with van der Waals surface area (Å²) in [4.78, 5) is 0. The van der Waals surface area contributed by atoms with Crippen molar-refractivity contribution in [1.82, 2.24) is 0 Å². The summed E-state index contributed by atoms with van der Waals surface area (Å²) in [6, 6.07) is 79.5. The maximum Gasteiger partial charge on any atom is 0.0361 e. The fraction of sp³-hybridized carbons (Fsp3) is 0. The third-order valence-electron chi connectivity index (χ3n) is 10.7. The van der Waals surface area contributed by atoms with Gasteiger partial charge in [0, 0.05) is 20.2 Å². The zero-order valence-electron chi connectivity index (χ0n) is 30.2. The molecule has 0 bridgehead atoms. The van der Waals surface area contributed by atoms with Crippen LogP contribution in [0.1, 0.15) is 0 Å². The Hall–Kier alpha value is -6.80. The smallest absolute Gasteiger partial charge is 0.0361 e. The van der Waals surface area contributed by atoms with E-state index in [9.17, 15) is 0 Å².